The third kappa shape index (κ3) is 1.26. The average Bonchev–Trinajstić information content (AvgIpc) is 2.46. The first-order valence-electron chi connectivity index (χ1n) is 6.06. The van der Waals surface area contributed by atoms with E-state index in [-0.39, 0.29) is 0 Å². The molecule has 0 heterocycles. The summed E-state index contributed by atoms with van der Waals surface area (Å²) in [5.74, 6) is 0. The third-order valence-electron chi connectivity index (χ3n) is 3.47. The molecular formula is C18H10. The molecule has 0 unspecified atom stereocenters. The van der Waals surface area contributed by atoms with Crippen LogP contribution >= 0.6 is 0 Å². The molecule has 0 aliphatic carbocycles. The van der Waals surface area contributed by atoms with E-state index in [0.717, 1.165) is 0 Å². The van der Waals surface area contributed by atoms with Crippen molar-refractivity contribution in [3.63, 3.8) is 0 Å². The zero-order valence-electron chi connectivity index (χ0n) is 9.77. The van der Waals surface area contributed by atoms with Gasteiger partial charge in [-0.2, -0.15) is 0 Å². The van der Waals surface area contributed by atoms with Crippen LogP contribution in [0, 0.1) is 12.1 Å². The summed E-state index contributed by atoms with van der Waals surface area (Å²) in [6, 6.07) is 27.6. The quantitative estimate of drug-likeness (QED) is 0.380. The number of rotatable bonds is 0. The van der Waals surface area contributed by atoms with Crippen LogP contribution in [0.3, 0.4) is 0 Å². The Morgan fingerprint density at radius 1 is 0.611 bits per heavy atom. The fraction of sp³-hybridized carbons (Fsp3) is 0. The molecule has 0 saturated carbocycles. The van der Waals surface area contributed by atoms with Crippen molar-refractivity contribution < 1.29 is 0 Å². The molecule has 2 radical (unpaired) electrons. The van der Waals surface area contributed by atoms with Crippen LogP contribution in [0.15, 0.2) is 60.7 Å². The molecule has 0 atom stereocenters. The van der Waals surface area contributed by atoms with Crippen molar-refractivity contribution in [3.8, 4) is 0 Å². The molecule has 82 valence electrons. The highest BCUT2D eigenvalue weighted by molar-refractivity contribution is 6.16. The second-order valence-electron chi connectivity index (χ2n) is 4.49. The van der Waals surface area contributed by atoms with Gasteiger partial charge in [-0.25, -0.2) is 0 Å². The Morgan fingerprint density at radius 2 is 1.44 bits per heavy atom. The molecule has 0 aliphatic rings. The summed E-state index contributed by atoms with van der Waals surface area (Å²) in [7, 11) is 0. The summed E-state index contributed by atoms with van der Waals surface area (Å²) >= 11 is 0. The summed E-state index contributed by atoms with van der Waals surface area (Å²) in [5, 5.41) is 7.40. The van der Waals surface area contributed by atoms with Crippen molar-refractivity contribution in [2.24, 2.45) is 0 Å². The number of hydrogen-bond donors (Lipinski definition) is 0. The molecule has 0 amide bonds. The van der Waals surface area contributed by atoms with Gasteiger partial charge in [-0.15, -0.1) is 0 Å². The Kier molecular flexibility index (Phi) is 1.92. The van der Waals surface area contributed by atoms with Gasteiger partial charge in [0.05, 0.1) is 0 Å². The zero-order chi connectivity index (χ0) is 11.9. The van der Waals surface area contributed by atoms with Gasteiger partial charge in [-0.1, -0.05) is 60.7 Å². The first-order valence-corrected chi connectivity index (χ1v) is 6.06. The minimum absolute atomic E-state index is 1.17. The molecule has 0 nitrogen and oxygen atoms in total. The minimum atomic E-state index is 1.17. The van der Waals surface area contributed by atoms with Crippen molar-refractivity contribution in [1.29, 1.82) is 0 Å². The van der Waals surface area contributed by atoms with Crippen LogP contribution < -0.4 is 0 Å². The van der Waals surface area contributed by atoms with E-state index in [2.05, 4.69) is 48.5 Å². The van der Waals surface area contributed by atoms with Crippen molar-refractivity contribution in [1.82, 2.24) is 0 Å². The van der Waals surface area contributed by atoms with Gasteiger partial charge in [-0.3, -0.25) is 0 Å². The predicted molar refractivity (Wildman–Crippen MR) is 76.6 cm³/mol. The topological polar surface area (TPSA) is 0 Å². The first-order chi connectivity index (χ1) is 8.93. The Morgan fingerprint density at radius 3 is 2.44 bits per heavy atom. The lowest BCUT2D eigenvalue weighted by Crippen LogP contribution is -1.80. The lowest BCUT2D eigenvalue weighted by atomic mass is 9.97. The van der Waals surface area contributed by atoms with Gasteiger partial charge < -0.3 is 0 Å². The molecule has 18 heavy (non-hydrogen) atoms. The van der Waals surface area contributed by atoms with Crippen LogP contribution in [-0.2, 0) is 0 Å². The molecule has 4 aromatic carbocycles. The zero-order valence-corrected chi connectivity index (χ0v) is 9.77. The second-order valence-corrected chi connectivity index (χ2v) is 4.49. The maximum atomic E-state index is 3.35. The molecular weight excluding hydrogens is 216 g/mol. The van der Waals surface area contributed by atoms with Gasteiger partial charge in [0.25, 0.3) is 0 Å². The van der Waals surface area contributed by atoms with Gasteiger partial charge in [0.1, 0.15) is 0 Å². The Labute approximate surface area is 105 Å². The van der Waals surface area contributed by atoms with Crippen LogP contribution in [-0.4, -0.2) is 0 Å². The van der Waals surface area contributed by atoms with E-state index < -0.39 is 0 Å². The number of fused-ring (bicyclic) bond motifs is 5. The van der Waals surface area contributed by atoms with Crippen LogP contribution in [0.5, 0.6) is 0 Å². The first kappa shape index (κ1) is 9.67. The summed E-state index contributed by atoms with van der Waals surface area (Å²) in [5.41, 5.74) is 0. The maximum Gasteiger partial charge on any atom is -0.00264 e. The van der Waals surface area contributed by atoms with E-state index in [0.29, 0.717) is 0 Å². The van der Waals surface area contributed by atoms with Gasteiger partial charge in [-0.05, 0) is 44.5 Å². The molecule has 0 bridgehead atoms. The van der Waals surface area contributed by atoms with E-state index in [9.17, 15) is 0 Å². The fourth-order valence-corrected chi connectivity index (χ4v) is 2.62. The van der Waals surface area contributed by atoms with Gasteiger partial charge in [0.15, 0.2) is 0 Å². The van der Waals surface area contributed by atoms with E-state index in [1.54, 1.807) is 0 Å². The highest BCUT2D eigenvalue weighted by atomic mass is 14.1. The van der Waals surface area contributed by atoms with E-state index in [1.165, 1.54) is 32.3 Å². The van der Waals surface area contributed by atoms with Gasteiger partial charge >= 0.3 is 0 Å². The van der Waals surface area contributed by atoms with Crippen LogP contribution in [0.4, 0.5) is 0 Å². The predicted octanol–water partition coefficient (Wildman–Crippen LogP) is 4.75. The summed E-state index contributed by atoms with van der Waals surface area (Å²) in [4.78, 5) is 0. The lowest BCUT2D eigenvalue weighted by Gasteiger charge is -2.06. The summed E-state index contributed by atoms with van der Waals surface area (Å²) in [6.07, 6.45) is 0. The van der Waals surface area contributed by atoms with Crippen LogP contribution in [0.25, 0.3) is 32.3 Å². The lowest BCUT2D eigenvalue weighted by molar-refractivity contribution is 1.76. The van der Waals surface area contributed by atoms with E-state index >= 15 is 0 Å². The standard InChI is InChI=1S/C18H10/c1-3-7-15-13(5-1)9-11-18-16-8-4-2-6-14(16)10-12-17(15)18/h1-5,8-12H. The smallest absolute Gasteiger partial charge is 0.00264 e. The maximum absolute atomic E-state index is 3.35. The minimum Gasteiger partial charge on any atom is -0.0610 e. The SMILES string of the molecule is [c]1cccc2c1ccc1c3[c]cccc3ccc21. The van der Waals surface area contributed by atoms with Crippen molar-refractivity contribution in [3.05, 3.63) is 72.8 Å². The highest BCUT2D eigenvalue weighted by Crippen LogP contribution is 2.30. The third-order valence-corrected chi connectivity index (χ3v) is 3.47. The average molecular weight is 226 g/mol. The van der Waals surface area contributed by atoms with Gasteiger partial charge in [0.2, 0.25) is 0 Å². The van der Waals surface area contributed by atoms with Gasteiger partial charge in [0, 0.05) is 0 Å². The van der Waals surface area contributed by atoms with E-state index in [4.69, 9.17) is 0 Å². The van der Waals surface area contributed by atoms with E-state index in [1.807, 2.05) is 24.3 Å². The molecule has 0 aliphatic heterocycles. The molecule has 0 heteroatoms. The molecule has 0 aromatic heterocycles. The number of hydrogen-bond acceptors (Lipinski definition) is 0. The fourth-order valence-electron chi connectivity index (χ4n) is 2.62. The van der Waals surface area contributed by atoms with Crippen molar-refractivity contribution >= 4 is 32.3 Å². The Balaban J connectivity index is 2.31. The largest absolute Gasteiger partial charge is 0.0610 e. The second kappa shape index (κ2) is 3.58. The summed E-state index contributed by atoms with van der Waals surface area (Å²) < 4.78 is 0. The molecule has 0 saturated heterocycles. The van der Waals surface area contributed by atoms with Crippen LogP contribution in [0.1, 0.15) is 0 Å². The van der Waals surface area contributed by atoms with Crippen LogP contribution in [0.2, 0.25) is 0 Å². The molecule has 4 aromatic rings. The monoisotopic (exact) mass is 226 g/mol. The molecule has 0 fully saturated rings. The highest BCUT2D eigenvalue weighted by Gasteiger charge is 2.03. The number of benzene rings is 4. The van der Waals surface area contributed by atoms with Crippen molar-refractivity contribution in [2.75, 3.05) is 0 Å². The van der Waals surface area contributed by atoms with Crippen molar-refractivity contribution in [2.45, 2.75) is 0 Å². The molecule has 0 spiro atoms. The summed E-state index contributed by atoms with van der Waals surface area (Å²) in [6.45, 7) is 0. The molecule has 4 rings (SSSR count). The molecule has 0 N–H and O–H groups in total. The Bertz CT molecular complexity index is 797. The Hall–Kier alpha value is -2.34. The normalized spacial score (nSPS) is 11.3.